The minimum absolute atomic E-state index is 0. The molecule has 0 saturated heterocycles. The van der Waals surface area contributed by atoms with E-state index in [9.17, 15) is 9.50 Å². The molecule has 2 aromatic rings. The first-order valence-corrected chi connectivity index (χ1v) is 7.43. The van der Waals surface area contributed by atoms with Crippen molar-refractivity contribution < 1.29 is 14.3 Å². The Bertz CT molecular complexity index is 673. The Kier molecular flexibility index (Phi) is 5.99. The van der Waals surface area contributed by atoms with E-state index in [0.29, 0.717) is 5.75 Å². The molecule has 23 heavy (non-hydrogen) atoms. The molecule has 1 aliphatic rings. The minimum Gasteiger partial charge on any atom is -0.508 e. The summed E-state index contributed by atoms with van der Waals surface area (Å²) < 4.78 is 12.9. The van der Waals surface area contributed by atoms with Gasteiger partial charge in [-0.05, 0) is 42.2 Å². The minimum atomic E-state index is -0.226. The van der Waals surface area contributed by atoms with Crippen LogP contribution in [0.2, 0.25) is 0 Å². The molecule has 1 N–H and O–H groups in total. The fourth-order valence-corrected chi connectivity index (χ4v) is 2.63. The Labute approximate surface area is 141 Å². The normalized spacial score (nSPS) is 16.4. The third kappa shape index (κ3) is 4.70. The fraction of sp³-hybridized carbons (Fsp3) is 0.278. The summed E-state index contributed by atoms with van der Waals surface area (Å²) in [7, 11) is 0. The molecule has 3 rings (SSSR count). The first kappa shape index (κ1) is 17.3. The van der Waals surface area contributed by atoms with Crippen LogP contribution in [0.5, 0.6) is 5.75 Å². The summed E-state index contributed by atoms with van der Waals surface area (Å²) in [5, 5.41) is 13.9. The van der Waals surface area contributed by atoms with Gasteiger partial charge in [-0.3, -0.25) is 0 Å². The molecule has 5 heteroatoms. The van der Waals surface area contributed by atoms with E-state index in [1.165, 1.54) is 12.1 Å². The number of phenolic OH excluding ortho intramolecular Hbond substituents is 1. The smallest absolute Gasteiger partial charge is 0.136 e. The topological polar surface area (TPSA) is 41.8 Å². The summed E-state index contributed by atoms with van der Waals surface area (Å²) in [6, 6.07) is 13.8. The summed E-state index contributed by atoms with van der Waals surface area (Å²) >= 11 is 0. The second-order valence-electron chi connectivity index (χ2n) is 5.55. The Hall–Kier alpha value is -2.07. The lowest BCUT2D eigenvalue weighted by Gasteiger charge is -2.08. The van der Waals surface area contributed by atoms with Gasteiger partial charge in [-0.2, -0.15) is 0 Å². The number of aryl methyl sites for hydroxylation is 1. The summed E-state index contributed by atoms with van der Waals surface area (Å²) in [5.41, 5.74) is 2.98. The van der Waals surface area contributed by atoms with Gasteiger partial charge in [-0.1, -0.05) is 35.5 Å². The number of nitrogens with zero attached hydrogens (tertiary/aromatic N) is 1. The van der Waals surface area contributed by atoms with Gasteiger partial charge in [0.2, 0.25) is 0 Å². The van der Waals surface area contributed by atoms with Crippen molar-refractivity contribution in [1.82, 2.24) is 0 Å². The Morgan fingerprint density at radius 3 is 2.57 bits per heavy atom. The van der Waals surface area contributed by atoms with Crippen LogP contribution in [0.4, 0.5) is 4.39 Å². The van der Waals surface area contributed by atoms with Crippen molar-refractivity contribution in [2.24, 2.45) is 5.16 Å². The number of benzene rings is 2. The van der Waals surface area contributed by atoms with Gasteiger partial charge >= 0.3 is 0 Å². The van der Waals surface area contributed by atoms with Crippen LogP contribution < -0.4 is 0 Å². The molecule has 2 aromatic carbocycles. The first-order valence-electron chi connectivity index (χ1n) is 7.43. The molecule has 0 aromatic heterocycles. The highest BCUT2D eigenvalue weighted by atomic mass is 35.5. The van der Waals surface area contributed by atoms with Gasteiger partial charge in [0.1, 0.15) is 17.7 Å². The monoisotopic (exact) mass is 335 g/mol. The standard InChI is InChI=1S/C18H18FNO2.ClH/c19-15-8-5-13(6-9-15)11-17-12-16(20-22-17)10-7-14-3-1-2-4-18(14)21;/h1-6,8-9,17,21H,7,10-12H2;1H. The van der Waals surface area contributed by atoms with Crippen LogP contribution in [-0.4, -0.2) is 16.9 Å². The number of para-hydroxylation sites is 1. The molecular formula is C18H19ClFNO2. The van der Waals surface area contributed by atoms with Gasteiger partial charge in [0.25, 0.3) is 0 Å². The molecule has 0 amide bonds. The number of rotatable bonds is 5. The van der Waals surface area contributed by atoms with Gasteiger partial charge in [0, 0.05) is 12.8 Å². The Morgan fingerprint density at radius 2 is 1.83 bits per heavy atom. The molecule has 0 radical (unpaired) electrons. The van der Waals surface area contributed by atoms with Crippen LogP contribution in [0.1, 0.15) is 24.0 Å². The van der Waals surface area contributed by atoms with Gasteiger partial charge in [-0.25, -0.2) is 4.39 Å². The van der Waals surface area contributed by atoms with Gasteiger partial charge < -0.3 is 9.94 Å². The highest BCUT2D eigenvalue weighted by Gasteiger charge is 2.21. The third-order valence-electron chi connectivity index (χ3n) is 3.85. The largest absolute Gasteiger partial charge is 0.508 e. The van der Waals surface area contributed by atoms with E-state index in [-0.39, 0.29) is 24.3 Å². The second-order valence-corrected chi connectivity index (χ2v) is 5.55. The van der Waals surface area contributed by atoms with Crippen LogP contribution in [0.15, 0.2) is 53.7 Å². The van der Waals surface area contributed by atoms with Crippen LogP contribution >= 0.6 is 12.4 Å². The van der Waals surface area contributed by atoms with E-state index >= 15 is 0 Å². The van der Waals surface area contributed by atoms with E-state index in [2.05, 4.69) is 5.16 Å². The van der Waals surface area contributed by atoms with Crippen molar-refractivity contribution in [3.63, 3.8) is 0 Å². The lowest BCUT2D eigenvalue weighted by atomic mass is 10.00. The van der Waals surface area contributed by atoms with Gasteiger partial charge in [0.15, 0.2) is 0 Å². The average Bonchev–Trinajstić information content (AvgIpc) is 2.96. The molecule has 3 nitrogen and oxygen atoms in total. The molecule has 0 aliphatic carbocycles. The van der Waals surface area contributed by atoms with Gasteiger partial charge in [-0.15, -0.1) is 12.4 Å². The van der Waals surface area contributed by atoms with Crippen molar-refractivity contribution >= 4 is 18.1 Å². The third-order valence-corrected chi connectivity index (χ3v) is 3.85. The van der Waals surface area contributed by atoms with Crippen molar-refractivity contribution in [1.29, 1.82) is 0 Å². The van der Waals surface area contributed by atoms with Crippen LogP contribution in [0.3, 0.4) is 0 Å². The molecule has 1 unspecified atom stereocenters. The predicted molar refractivity (Wildman–Crippen MR) is 90.7 cm³/mol. The average molecular weight is 336 g/mol. The zero-order chi connectivity index (χ0) is 15.4. The van der Waals surface area contributed by atoms with E-state index in [1.807, 2.05) is 18.2 Å². The molecule has 0 fully saturated rings. The predicted octanol–water partition coefficient (Wildman–Crippen LogP) is 4.27. The zero-order valence-corrected chi connectivity index (χ0v) is 13.4. The molecular weight excluding hydrogens is 317 g/mol. The quantitative estimate of drug-likeness (QED) is 0.886. The van der Waals surface area contributed by atoms with Crippen molar-refractivity contribution in [3.8, 4) is 5.75 Å². The highest BCUT2D eigenvalue weighted by Crippen LogP contribution is 2.22. The van der Waals surface area contributed by atoms with Gasteiger partial charge in [0.05, 0.1) is 5.71 Å². The summed E-state index contributed by atoms with van der Waals surface area (Å²) in [6.07, 6.45) is 3.05. The van der Waals surface area contributed by atoms with Crippen LogP contribution in [0.25, 0.3) is 0 Å². The number of phenols is 1. The number of aromatic hydroxyl groups is 1. The lowest BCUT2D eigenvalue weighted by molar-refractivity contribution is 0.0859. The summed E-state index contributed by atoms with van der Waals surface area (Å²) in [6.45, 7) is 0. The highest BCUT2D eigenvalue weighted by molar-refractivity contribution is 5.86. The molecule has 1 aliphatic heterocycles. The van der Waals surface area contributed by atoms with E-state index < -0.39 is 0 Å². The SMILES string of the molecule is Cl.Oc1ccccc1CCC1=NOC(Cc2ccc(F)cc2)C1. The second kappa shape index (κ2) is 7.97. The van der Waals surface area contributed by atoms with Crippen molar-refractivity contribution in [2.45, 2.75) is 31.8 Å². The number of halogens is 2. The Morgan fingerprint density at radius 1 is 1.09 bits per heavy atom. The lowest BCUT2D eigenvalue weighted by Crippen LogP contribution is -2.11. The fourth-order valence-electron chi connectivity index (χ4n) is 2.63. The maximum Gasteiger partial charge on any atom is 0.136 e. The van der Waals surface area contributed by atoms with E-state index in [4.69, 9.17) is 4.84 Å². The van der Waals surface area contributed by atoms with Crippen molar-refractivity contribution in [2.75, 3.05) is 0 Å². The van der Waals surface area contributed by atoms with E-state index in [0.717, 1.165) is 42.5 Å². The number of oxime groups is 1. The number of hydrogen-bond acceptors (Lipinski definition) is 3. The molecule has 0 spiro atoms. The molecule has 122 valence electrons. The summed E-state index contributed by atoms with van der Waals surface area (Å²) in [4.78, 5) is 5.45. The molecule has 1 heterocycles. The Balaban J connectivity index is 0.00000192. The zero-order valence-electron chi connectivity index (χ0n) is 12.6. The summed E-state index contributed by atoms with van der Waals surface area (Å²) in [5.74, 6) is 0.0978. The van der Waals surface area contributed by atoms with Crippen molar-refractivity contribution in [3.05, 3.63) is 65.5 Å². The molecule has 0 saturated carbocycles. The maximum atomic E-state index is 12.9. The first-order chi connectivity index (χ1) is 10.7. The van der Waals surface area contributed by atoms with Crippen LogP contribution in [-0.2, 0) is 17.7 Å². The van der Waals surface area contributed by atoms with Crippen LogP contribution in [0, 0.1) is 5.82 Å². The van der Waals surface area contributed by atoms with E-state index in [1.54, 1.807) is 18.2 Å². The molecule has 1 atom stereocenters. The maximum absolute atomic E-state index is 12.9. The number of hydrogen-bond donors (Lipinski definition) is 1. The molecule has 0 bridgehead atoms.